The Hall–Kier alpha value is -0.300. The first-order valence-corrected chi connectivity index (χ1v) is 5.96. The minimum absolute atomic E-state index is 0.712. The molecule has 0 aliphatic heterocycles. The highest BCUT2D eigenvalue weighted by atomic mass is 14.9. The molecule has 3 unspecified atom stereocenters. The number of hydrogen-bond donors (Lipinski definition) is 1. The van der Waals surface area contributed by atoms with Crippen LogP contribution in [0.3, 0.4) is 0 Å². The van der Waals surface area contributed by atoms with Crippen molar-refractivity contribution in [2.75, 3.05) is 7.05 Å². The van der Waals surface area contributed by atoms with Gasteiger partial charge in [0.15, 0.2) is 0 Å². The van der Waals surface area contributed by atoms with Crippen LogP contribution in [0.2, 0.25) is 0 Å². The molecule has 0 radical (unpaired) electrons. The molecular formula is C13H25N. The van der Waals surface area contributed by atoms with Crippen LogP contribution < -0.4 is 5.32 Å². The van der Waals surface area contributed by atoms with Crippen molar-refractivity contribution in [3.8, 4) is 0 Å². The van der Waals surface area contributed by atoms with Gasteiger partial charge in [0.2, 0.25) is 0 Å². The Bertz CT molecular complexity index is 186. The van der Waals surface area contributed by atoms with Gasteiger partial charge in [-0.05, 0) is 45.1 Å². The third-order valence-electron chi connectivity index (χ3n) is 3.70. The van der Waals surface area contributed by atoms with E-state index < -0.39 is 0 Å². The zero-order valence-electron chi connectivity index (χ0n) is 9.97. The van der Waals surface area contributed by atoms with Gasteiger partial charge < -0.3 is 5.32 Å². The van der Waals surface area contributed by atoms with Crippen LogP contribution >= 0.6 is 0 Å². The summed E-state index contributed by atoms with van der Waals surface area (Å²) in [7, 11) is 2.11. The molecule has 0 heterocycles. The van der Waals surface area contributed by atoms with Gasteiger partial charge in [-0.15, -0.1) is 6.58 Å². The van der Waals surface area contributed by atoms with Crippen molar-refractivity contribution in [2.45, 2.75) is 52.0 Å². The van der Waals surface area contributed by atoms with Crippen molar-refractivity contribution in [2.24, 2.45) is 11.8 Å². The molecule has 1 aliphatic carbocycles. The van der Waals surface area contributed by atoms with E-state index in [1.54, 1.807) is 0 Å². The minimum atomic E-state index is 0.712. The maximum Gasteiger partial charge on any atom is 0.00979 e. The molecule has 0 aromatic heterocycles. The molecule has 1 nitrogen and oxygen atoms in total. The highest BCUT2D eigenvalue weighted by Gasteiger charge is 2.29. The van der Waals surface area contributed by atoms with Crippen molar-refractivity contribution in [3.63, 3.8) is 0 Å². The fraction of sp³-hybridized carbons (Fsp3) is 0.846. The minimum Gasteiger partial charge on any atom is -0.317 e. The zero-order valence-corrected chi connectivity index (χ0v) is 9.97. The summed E-state index contributed by atoms with van der Waals surface area (Å²) in [5.41, 5.74) is 1.32. The maximum atomic E-state index is 3.98. The van der Waals surface area contributed by atoms with Crippen molar-refractivity contribution in [1.29, 1.82) is 0 Å². The summed E-state index contributed by atoms with van der Waals surface area (Å²) < 4.78 is 0. The van der Waals surface area contributed by atoms with Crippen molar-refractivity contribution in [3.05, 3.63) is 12.2 Å². The molecular weight excluding hydrogens is 170 g/mol. The van der Waals surface area contributed by atoms with E-state index in [0.717, 1.165) is 11.8 Å². The summed E-state index contributed by atoms with van der Waals surface area (Å²) in [6.45, 7) is 8.51. The molecule has 1 heteroatoms. The molecule has 82 valence electrons. The van der Waals surface area contributed by atoms with E-state index in [1.807, 2.05) is 0 Å². The summed E-state index contributed by atoms with van der Waals surface area (Å²) in [6, 6.07) is 0.712. The fourth-order valence-electron chi connectivity index (χ4n) is 2.75. The van der Waals surface area contributed by atoms with Crippen LogP contribution in [0.5, 0.6) is 0 Å². The van der Waals surface area contributed by atoms with Crippen LogP contribution in [-0.2, 0) is 0 Å². The van der Waals surface area contributed by atoms with Gasteiger partial charge in [-0.25, -0.2) is 0 Å². The molecule has 0 aromatic rings. The lowest BCUT2D eigenvalue weighted by molar-refractivity contribution is 0.296. The molecule has 0 aromatic carbocycles. The van der Waals surface area contributed by atoms with Gasteiger partial charge in [0, 0.05) is 6.04 Å². The van der Waals surface area contributed by atoms with Crippen LogP contribution in [0, 0.1) is 11.8 Å². The van der Waals surface area contributed by atoms with E-state index in [2.05, 4.69) is 32.8 Å². The summed E-state index contributed by atoms with van der Waals surface area (Å²) in [5.74, 6) is 1.82. The Morgan fingerprint density at radius 2 is 2.21 bits per heavy atom. The molecule has 0 amide bonds. The number of hydrogen-bond acceptors (Lipinski definition) is 1. The van der Waals surface area contributed by atoms with Crippen molar-refractivity contribution >= 4 is 0 Å². The Balaban J connectivity index is 2.40. The third kappa shape index (κ3) is 3.13. The van der Waals surface area contributed by atoms with Gasteiger partial charge >= 0.3 is 0 Å². The first kappa shape index (κ1) is 11.8. The lowest BCUT2D eigenvalue weighted by Gasteiger charge is -2.26. The molecule has 0 bridgehead atoms. The van der Waals surface area contributed by atoms with E-state index in [0.29, 0.717) is 6.04 Å². The summed E-state index contributed by atoms with van der Waals surface area (Å²) in [6.07, 6.45) is 6.71. The van der Waals surface area contributed by atoms with Gasteiger partial charge in [0.1, 0.15) is 0 Å². The van der Waals surface area contributed by atoms with E-state index >= 15 is 0 Å². The van der Waals surface area contributed by atoms with Gasteiger partial charge in [-0.2, -0.15) is 0 Å². The summed E-state index contributed by atoms with van der Waals surface area (Å²) in [4.78, 5) is 0. The Kier molecular flexibility index (Phi) is 4.67. The smallest absolute Gasteiger partial charge is 0.00979 e. The summed E-state index contributed by atoms with van der Waals surface area (Å²) in [5, 5.41) is 3.49. The molecule has 1 rings (SSSR count). The topological polar surface area (TPSA) is 12.0 Å². The van der Waals surface area contributed by atoms with Gasteiger partial charge in [-0.1, -0.05) is 25.3 Å². The van der Waals surface area contributed by atoms with Crippen LogP contribution in [0.1, 0.15) is 46.0 Å². The molecule has 1 saturated carbocycles. The quantitative estimate of drug-likeness (QED) is 0.663. The lowest BCUT2D eigenvalue weighted by Crippen LogP contribution is -2.34. The first-order chi connectivity index (χ1) is 6.65. The second-order valence-electron chi connectivity index (χ2n) is 4.96. The van der Waals surface area contributed by atoms with E-state index in [9.17, 15) is 0 Å². The predicted octanol–water partition coefficient (Wildman–Crippen LogP) is 3.37. The monoisotopic (exact) mass is 195 g/mol. The van der Waals surface area contributed by atoms with Gasteiger partial charge in [-0.3, -0.25) is 0 Å². The van der Waals surface area contributed by atoms with Crippen LogP contribution in [-0.4, -0.2) is 13.1 Å². The third-order valence-corrected chi connectivity index (χ3v) is 3.70. The molecule has 1 fully saturated rings. The predicted molar refractivity (Wildman–Crippen MR) is 63.4 cm³/mol. The molecule has 1 aliphatic rings. The zero-order chi connectivity index (χ0) is 10.6. The van der Waals surface area contributed by atoms with Crippen LogP contribution in [0.4, 0.5) is 0 Å². The normalized spacial score (nSPS) is 29.1. The Morgan fingerprint density at radius 3 is 2.64 bits per heavy atom. The average molecular weight is 195 g/mol. The highest BCUT2D eigenvalue weighted by molar-refractivity contribution is 4.92. The second-order valence-corrected chi connectivity index (χ2v) is 4.96. The van der Waals surface area contributed by atoms with E-state index in [1.165, 1.54) is 37.7 Å². The molecule has 1 N–H and O–H groups in total. The Morgan fingerprint density at radius 1 is 1.50 bits per heavy atom. The van der Waals surface area contributed by atoms with E-state index in [-0.39, 0.29) is 0 Å². The molecule has 3 atom stereocenters. The highest BCUT2D eigenvalue weighted by Crippen LogP contribution is 2.35. The SMILES string of the molecule is C=C(C)CCC(NC)C1CCCC1C. The van der Waals surface area contributed by atoms with Gasteiger partial charge in [0.05, 0.1) is 0 Å². The average Bonchev–Trinajstić information content (AvgIpc) is 2.53. The first-order valence-electron chi connectivity index (χ1n) is 5.96. The number of rotatable bonds is 5. The lowest BCUT2D eigenvalue weighted by atomic mass is 9.87. The van der Waals surface area contributed by atoms with E-state index in [4.69, 9.17) is 0 Å². The molecule has 14 heavy (non-hydrogen) atoms. The second kappa shape index (κ2) is 5.55. The molecule has 0 saturated heterocycles. The number of allylic oxidation sites excluding steroid dienone is 1. The van der Waals surface area contributed by atoms with Crippen molar-refractivity contribution in [1.82, 2.24) is 5.32 Å². The van der Waals surface area contributed by atoms with Gasteiger partial charge in [0.25, 0.3) is 0 Å². The standard InChI is InChI=1S/C13H25N/c1-10(2)8-9-13(14-4)12-7-5-6-11(12)3/h11-14H,1,5-9H2,2-4H3. The fourth-order valence-corrected chi connectivity index (χ4v) is 2.75. The molecule has 0 spiro atoms. The Labute approximate surface area is 89.0 Å². The largest absolute Gasteiger partial charge is 0.317 e. The maximum absolute atomic E-state index is 3.98. The van der Waals surface area contributed by atoms with Crippen LogP contribution in [0.25, 0.3) is 0 Å². The number of nitrogens with one attached hydrogen (secondary N) is 1. The van der Waals surface area contributed by atoms with Crippen LogP contribution in [0.15, 0.2) is 12.2 Å². The summed E-state index contributed by atoms with van der Waals surface area (Å²) >= 11 is 0. The van der Waals surface area contributed by atoms with Crippen molar-refractivity contribution < 1.29 is 0 Å².